The number of likely N-dealkylation sites (tertiary alicyclic amines) is 1. The fraction of sp³-hybridized carbons (Fsp3) is 0.261. The molecule has 2 aromatic carbocycles. The van der Waals surface area contributed by atoms with Crippen molar-refractivity contribution in [2.24, 2.45) is 5.92 Å². The van der Waals surface area contributed by atoms with Crippen LogP contribution >= 0.6 is 0 Å². The highest BCUT2D eigenvalue weighted by Crippen LogP contribution is 2.24. The van der Waals surface area contributed by atoms with E-state index in [1.165, 1.54) is 11.6 Å². The number of aryl methyl sites for hydroxylation is 2. The van der Waals surface area contributed by atoms with Crippen LogP contribution in [-0.4, -0.2) is 23.3 Å². The summed E-state index contributed by atoms with van der Waals surface area (Å²) in [5.41, 5.74) is 3.58. The van der Waals surface area contributed by atoms with Crippen LogP contribution in [0.2, 0.25) is 0 Å². The monoisotopic (exact) mass is 390 g/mol. The van der Waals surface area contributed by atoms with Crippen LogP contribution in [0.3, 0.4) is 0 Å². The standard InChI is InChI=1S/C23H22N2O4/c1-14-3-5-16(6-4-14)12-25-13-17(10-21(25)26)23(28)24-18-7-8-19-15(2)9-22(27)29-20(19)11-18/h3-9,11,17H,10,12-13H2,1-2H3,(H,24,28)/t17-/m1/s1. The van der Waals surface area contributed by atoms with Crippen LogP contribution in [0.25, 0.3) is 11.0 Å². The number of nitrogens with one attached hydrogen (secondary N) is 1. The Balaban J connectivity index is 1.45. The smallest absolute Gasteiger partial charge is 0.336 e. The summed E-state index contributed by atoms with van der Waals surface area (Å²) in [7, 11) is 0. The van der Waals surface area contributed by atoms with E-state index in [4.69, 9.17) is 4.42 Å². The third kappa shape index (κ3) is 4.06. The molecular formula is C23H22N2O4. The van der Waals surface area contributed by atoms with Crippen LogP contribution in [0.15, 0.2) is 57.7 Å². The van der Waals surface area contributed by atoms with Gasteiger partial charge in [-0.2, -0.15) is 0 Å². The second-order valence-corrected chi connectivity index (χ2v) is 7.61. The second-order valence-electron chi connectivity index (χ2n) is 7.61. The third-order valence-electron chi connectivity index (χ3n) is 5.30. The van der Waals surface area contributed by atoms with Gasteiger partial charge >= 0.3 is 5.63 Å². The normalized spacial score (nSPS) is 16.4. The molecule has 1 aliphatic rings. The lowest BCUT2D eigenvalue weighted by molar-refractivity contribution is -0.128. The van der Waals surface area contributed by atoms with Crippen molar-refractivity contribution < 1.29 is 14.0 Å². The number of rotatable bonds is 4. The van der Waals surface area contributed by atoms with Crippen LogP contribution < -0.4 is 10.9 Å². The molecule has 29 heavy (non-hydrogen) atoms. The summed E-state index contributed by atoms with van der Waals surface area (Å²) < 4.78 is 5.23. The summed E-state index contributed by atoms with van der Waals surface area (Å²) in [6.07, 6.45) is 0.194. The Morgan fingerprint density at radius 3 is 2.62 bits per heavy atom. The average Bonchev–Trinajstić information content (AvgIpc) is 3.04. The minimum atomic E-state index is -0.424. The second kappa shape index (κ2) is 7.54. The minimum absolute atomic E-state index is 0.0224. The van der Waals surface area contributed by atoms with E-state index in [1.807, 2.05) is 44.2 Å². The van der Waals surface area contributed by atoms with Gasteiger partial charge in [-0.25, -0.2) is 4.79 Å². The van der Waals surface area contributed by atoms with E-state index in [-0.39, 0.29) is 18.2 Å². The van der Waals surface area contributed by atoms with Gasteiger partial charge in [0.15, 0.2) is 0 Å². The van der Waals surface area contributed by atoms with Crippen LogP contribution in [0.1, 0.15) is 23.1 Å². The molecular weight excluding hydrogens is 368 g/mol. The van der Waals surface area contributed by atoms with E-state index < -0.39 is 11.5 Å². The molecule has 0 aliphatic carbocycles. The Morgan fingerprint density at radius 2 is 1.86 bits per heavy atom. The van der Waals surface area contributed by atoms with Crippen LogP contribution in [0.5, 0.6) is 0 Å². The van der Waals surface area contributed by atoms with Gasteiger partial charge in [-0.1, -0.05) is 29.8 Å². The van der Waals surface area contributed by atoms with E-state index in [0.717, 1.165) is 16.5 Å². The maximum atomic E-state index is 12.7. The molecule has 0 saturated carbocycles. The zero-order chi connectivity index (χ0) is 20.5. The van der Waals surface area contributed by atoms with E-state index in [9.17, 15) is 14.4 Å². The molecule has 3 aromatic rings. The van der Waals surface area contributed by atoms with E-state index >= 15 is 0 Å². The highest BCUT2D eigenvalue weighted by Gasteiger charge is 2.34. The van der Waals surface area contributed by atoms with Gasteiger partial charge in [-0.15, -0.1) is 0 Å². The van der Waals surface area contributed by atoms with Crippen molar-refractivity contribution in [3.8, 4) is 0 Å². The summed E-state index contributed by atoms with van der Waals surface area (Å²) in [5.74, 6) is -0.641. The molecule has 1 fully saturated rings. The van der Waals surface area contributed by atoms with Gasteiger partial charge in [0.2, 0.25) is 11.8 Å². The summed E-state index contributed by atoms with van der Waals surface area (Å²) in [4.78, 5) is 38.4. The average molecular weight is 390 g/mol. The summed E-state index contributed by atoms with van der Waals surface area (Å²) >= 11 is 0. The number of anilines is 1. The number of carbonyl (C=O) groups excluding carboxylic acids is 2. The lowest BCUT2D eigenvalue weighted by Crippen LogP contribution is -2.28. The third-order valence-corrected chi connectivity index (χ3v) is 5.30. The van der Waals surface area contributed by atoms with Gasteiger partial charge in [0, 0.05) is 42.7 Å². The molecule has 1 N–H and O–H groups in total. The molecule has 6 nitrogen and oxygen atoms in total. The number of hydrogen-bond donors (Lipinski definition) is 1. The predicted octanol–water partition coefficient (Wildman–Crippen LogP) is 3.40. The van der Waals surface area contributed by atoms with E-state index in [0.29, 0.717) is 24.4 Å². The van der Waals surface area contributed by atoms with Crippen molar-refractivity contribution in [2.75, 3.05) is 11.9 Å². The molecule has 4 rings (SSSR count). The first-order valence-electron chi connectivity index (χ1n) is 9.58. The zero-order valence-corrected chi connectivity index (χ0v) is 16.4. The molecule has 2 amide bonds. The topological polar surface area (TPSA) is 79.6 Å². The van der Waals surface area contributed by atoms with Crippen molar-refractivity contribution in [1.82, 2.24) is 4.90 Å². The summed E-state index contributed by atoms with van der Waals surface area (Å²) in [6.45, 7) is 4.75. The SMILES string of the molecule is Cc1ccc(CN2C[C@H](C(=O)Nc3ccc4c(C)cc(=O)oc4c3)CC2=O)cc1. The lowest BCUT2D eigenvalue weighted by Gasteiger charge is -2.17. The van der Waals surface area contributed by atoms with Gasteiger partial charge < -0.3 is 14.6 Å². The van der Waals surface area contributed by atoms with Crippen LogP contribution in [0.4, 0.5) is 5.69 Å². The molecule has 0 spiro atoms. The fourth-order valence-corrected chi connectivity index (χ4v) is 3.66. The number of amides is 2. The largest absolute Gasteiger partial charge is 0.423 e. The highest BCUT2D eigenvalue weighted by molar-refractivity contribution is 5.98. The Labute approximate surface area is 168 Å². The van der Waals surface area contributed by atoms with Gasteiger partial charge in [0.1, 0.15) is 5.58 Å². The lowest BCUT2D eigenvalue weighted by atomic mass is 10.1. The summed E-state index contributed by atoms with van der Waals surface area (Å²) in [6, 6.07) is 14.7. The minimum Gasteiger partial charge on any atom is -0.423 e. The molecule has 1 aromatic heterocycles. The molecule has 1 atom stereocenters. The number of nitrogens with zero attached hydrogens (tertiary/aromatic N) is 1. The van der Waals surface area contributed by atoms with Gasteiger partial charge in [-0.05, 0) is 37.1 Å². The number of hydrogen-bond acceptors (Lipinski definition) is 4. The Morgan fingerprint density at radius 1 is 1.10 bits per heavy atom. The first-order valence-corrected chi connectivity index (χ1v) is 9.58. The van der Waals surface area contributed by atoms with Crippen molar-refractivity contribution in [1.29, 1.82) is 0 Å². The van der Waals surface area contributed by atoms with E-state index in [2.05, 4.69) is 5.32 Å². The first-order chi connectivity index (χ1) is 13.9. The predicted molar refractivity (Wildman–Crippen MR) is 111 cm³/mol. The molecule has 0 unspecified atom stereocenters. The fourth-order valence-electron chi connectivity index (χ4n) is 3.66. The van der Waals surface area contributed by atoms with Gasteiger partial charge in [0.05, 0.1) is 5.92 Å². The summed E-state index contributed by atoms with van der Waals surface area (Å²) in [5, 5.41) is 3.67. The Kier molecular flexibility index (Phi) is 4.92. The highest BCUT2D eigenvalue weighted by atomic mass is 16.4. The number of fused-ring (bicyclic) bond motifs is 1. The quantitative estimate of drug-likeness (QED) is 0.693. The molecule has 148 valence electrons. The molecule has 0 radical (unpaired) electrons. The molecule has 0 bridgehead atoms. The first kappa shape index (κ1) is 18.9. The number of carbonyl (C=O) groups is 2. The van der Waals surface area contributed by atoms with E-state index in [1.54, 1.807) is 17.0 Å². The maximum absolute atomic E-state index is 12.7. The molecule has 1 aliphatic heterocycles. The molecule has 2 heterocycles. The van der Waals surface area contributed by atoms with Crippen molar-refractivity contribution in [3.05, 3.63) is 75.6 Å². The van der Waals surface area contributed by atoms with Gasteiger partial charge in [-0.3, -0.25) is 9.59 Å². The number of benzene rings is 2. The van der Waals surface area contributed by atoms with Gasteiger partial charge in [0.25, 0.3) is 0 Å². The van der Waals surface area contributed by atoms with Crippen molar-refractivity contribution in [2.45, 2.75) is 26.8 Å². The van der Waals surface area contributed by atoms with Crippen molar-refractivity contribution in [3.63, 3.8) is 0 Å². The molecule has 6 heteroatoms. The maximum Gasteiger partial charge on any atom is 0.336 e. The Bertz CT molecular complexity index is 1150. The molecule has 1 saturated heterocycles. The zero-order valence-electron chi connectivity index (χ0n) is 16.4. The van der Waals surface area contributed by atoms with Crippen molar-refractivity contribution >= 4 is 28.5 Å². The van der Waals surface area contributed by atoms with Crippen LogP contribution in [0, 0.1) is 19.8 Å². The Hall–Kier alpha value is -3.41. The van der Waals surface area contributed by atoms with Crippen LogP contribution in [-0.2, 0) is 16.1 Å².